The Morgan fingerprint density at radius 3 is 2.58 bits per heavy atom. The first-order valence-electron chi connectivity index (χ1n) is 10.4. The van der Waals surface area contributed by atoms with Crippen molar-refractivity contribution in [3.8, 4) is 0 Å². The average Bonchev–Trinajstić information content (AvgIpc) is 2.78. The molecule has 9 heteroatoms. The number of piperidine rings is 1. The van der Waals surface area contributed by atoms with Gasteiger partial charge in [0.2, 0.25) is 0 Å². The molecule has 1 aromatic carbocycles. The fourth-order valence-electron chi connectivity index (χ4n) is 4.25. The molecule has 2 aliphatic heterocycles. The number of likely N-dealkylation sites (tertiary alicyclic amines) is 1. The van der Waals surface area contributed by atoms with Crippen LogP contribution < -0.4 is 0 Å². The van der Waals surface area contributed by atoms with Gasteiger partial charge in [0.25, 0.3) is 0 Å². The van der Waals surface area contributed by atoms with Crippen molar-refractivity contribution in [1.82, 2.24) is 19.8 Å². The number of nitrogens with zero attached hydrogens (tertiary/aromatic N) is 4. The molecule has 3 heterocycles. The van der Waals surface area contributed by atoms with E-state index in [0.717, 1.165) is 50.3 Å². The summed E-state index contributed by atoms with van der Waals surface area (Å²) in [4.78, 5) is 24.5. The highest BCUT2D eigenvalue weighted by Crippen LogP contribution is 2.31. The number of morpholine rings is 1. The standard InChI is InChI=1S/C22H26F2N4O3/c1-30-21(29)20-12-25-17(11-26-20)14-28-8-9-31-22(15-28)4-6-27(7-5-22)13-16-2-3-18(23)19(24)10-16/h2-3,10-12H,4-9,13-15H2,1H3. The summed E-state index contributed by atoms with van der Waals surface area (Å²) >= 11 is 0. The van der Waals surface area contributed by atoms with Crippen molar-refractivity contribution in [2.24, 2.45) is 0 Å². The Kier molecular flexibility index (Phi) is 6.54. The average molecular weight is 432 g/mol. The number of hydrogen-bond donors (Lipinski definition) is 0. The predicted octanol–water partition coefficient (Wildman–Crippen LogP) is 2.41. The predicted molar refractivity (Wildman–Crippen MR) is 108 cm³/mol. The third kappa shape index (κ3) is 5.23. The van der Waals surface area contributed by atoms with Crippen molar-refractivity contribution in [3.63, 3.8) is 0 Å². The summed E-state index contributed by atoms with van der Waals surface area (Å²) in [5.41, 5.74) is 1.55. The molecule has 0 unspecified atom stereocenters. The number of aromatic nitrogens is 2. The molecule has 2 fully saturated rings. The van der Waals surface area contributed by atoms with Crippen LogP contribution in [0.4, 0.5) is 8.78 Å². The molecular weight excluding hydrogens is 406 g/mol. The second-order valence-electron chi connectivity index (χ2n) is 8.15. The van der Waals surface area contributed by atoms with Gasteiger partial charge in [0.05, 0.1) is 37.4 Å². The highest BCUT2D eigenvalue weighted by Gasteiger charge is 2.39. The number of hydrogen-bond acceptors (Lipinski definition) is 7. The van der Waals surface area contributed by atoms with Crippen molar-refractivity contribution in [2.75, 3.05) is 39.9 Å². The third-order valence-corrected chi connectivity index (χ3v) is 5.97. The Labute approximate surface area is 180 Å². The molecule has 2 saturated heterocycles. The maximum atomic E-state index is 13.5. The minimum absolute atomic E-state index is 0.193. The Morgan fingerprint density at radius 1 is 1.10 bits per heavy atom. The van der Waals surface area contributed by atoms with E-state index in [-0.39, 0.29) is 11.3 Å². The first-order valence-corrected chi connectivity index (χ1v) is 10.4. The van der Waals surface area contributed by atoms with Crippen LogP contribution in [0.25, 0.3) is 0 Å². The fraction of sp³-hybridized carbons (Fsp3) is 0.500. The van der Waals surface area contributed by atoms with Gasteiger partial charge in [0.15, 0.2) is 17.3 Å². The highest BCUT2D eigenvalue weighted by molar-refractivity contribution is 5.86. The van der Waals surface area contributed by atoms with Crippen molar-refractivity contribution in [3.05, 3.63) is 59.2 Å². The first kappa shape index (κ1) is 21.7. The van der Waals surface area contributed by atoms with E-state index in [9.17, 15) is 13.6 Å². The lowest BCUT2D eigenvalue weighted by molar-refractivity contribution is -0.138. The molecule has 0 N–H and O–H groups in total. The van der Waals surface area contributed by atoms with Gasteiger partial charge in [-0.15, -0.1) is 0 Å². The van der Waals surface area contributed by atoms with Gasteiger partial charge in [-0.05, 0) is 30.5 Å². The highest BCUT2D eigenvalue weighted by atomic mass is 19.2. The zero-order valence-corrected chi connectivity index (χ0v) is 17.5. The van der Waals surface area contributed by atoms with E-state index < -0.39 is 17.6 Å². The smallest absolute Gasteiger partial charge is 0.358 e. The monoisotopic (exact) mass is 432 g/mol. The Hall–Kier alpha value is -2.49. The lowest BCUT2D eigenvalue weighted by Crippen LogP contribution is -2.56. The Morgan fingerprint density at radius 2 is 1.90 bits per heavy atom. The number of ether oxygens (including phenoxy) is 2. The molecule has 0 saturated carbocycles. The quantitative estimate of drug-likeness (QED) is 0.672. The van der Waals surface area contributed by atoms with Crippen LogP contribution >= 0.6 is 0 Å². The van der Waals surface area contributed by atoms with Crippen molar-refractivity contribution in [2.45, 2.75) is 31.5 Å². The summed E-state index contributed by atoms with van der Waals surface area (Å²) < 4.78 is 37.5. The molecular formula is C22H26F2N4O3. The van der Waals surface area contributed by atoms with E-state index in [0.29, 0.717) is 19.7 Å². The summed E-state index contributed by atoms with van der Waals surface area (Å²) in [7, 11) is 1.31. The van der Waals surface area contributed by atoms with Crippen LogP contribution in [-0.2, 0) is 22.6 Å². The molecule has 4 rings (SSSR count). The van der Waals surface area contributed by atoms with E-state index in [1.54, 1.807) is 12.3 Å². The van der Waals surface area contributed by atoms with E-state index in [1.165, 1.54) is 25.4 Å². The molecule has 31 heavy (non-hydrogen) atoms. The normalized spacial score (nSPS) is 19.5. The van der Waals surface area contributed by atoms with Crippen LogP contribution in [-0.4, -0.2) is 71.2 Å². The number of carbonyl (C=O) groups excluding carboxylic acids is 1. The van der Waals surface area contributed by atoms with E-state index in [4.69, 9.17) is 4.74 Å². The summed E-state index contributed by atoms with van der Waals surface area (Å²) in [6.45, 7) is 5.16. The van der Waals surface area contributed by atoms with E-state index >= 15 is 0 Å². The van der Waals surface area contributed by atoms with Gasteiger partial charge in [0.1, 0.15) is 0 Å². The van der Waals surface area contributed by atoms with Gasteiger partial charge in [-0.25, -0.2) is 18.6 Å². The second kappa shape index (κ2) is 9.33. The van der Waals surface area contributed by atoms with Gasteiger partial charge >= 0.3 is 5.97 Å². The molecule has 166 valence electrons. The number of carbonyl (C=O) groups is 1. The largest absolute Gasteiger partial charge is 0.464 e. The van der Waals surface area contributed by atoms with Crippen molar-refractivity contribution < 1.29 is 23.0 Å². The zero-order chi connectivity index (χ0) is 21.8. The van der Waals surface area contributed by atoms with Crippen molar-refractivity contribution in [1.29, 1.82) is 0 Å². The Balaban J connectivity index is 1.31. The van der Waals surface area contributed by atoms with Crippen LogP contribution in [0.15, 0.2) is 30.6 Å². The molecule has 1 aromatic heterocycles. The molecule has 2 aliphatic rings. The van der Waals surface area contributed by atoms with Gasteiger partial charge in [-0.3, -0.25) is 14.8 Å². The van der Waals surface area contributed by atoms with E-state index in [2.05, 4.69) is 24.5 Å². The number of rotatable bonds is 5. The minimum atomic E-state index is -0.818. The molecule has 7 nitrogen and oxygen atoms in total. The SMILES string of the molecule is COC(=O)c1cnc(CN2CCOC3(CCN(Cc4ccc(F)c(F)c4)CC3)C2)cn1. The fourth-order valence-corrected chi connectivity index (χ4v) is 4.25. The van der Waals surface area contributed by atoms with Gasteiger partial charge in [0, 0.05) is 39.3 Å². The van der Waals surface area contributed by atoms with Crippen molar-refractivity contribution >= 4 is 5.97 Å². The van der Waals surface area contributed by atoms with Crippen LogP contribution in [0.2, 0.25) is 0 Å². The number of halogens is 2. The Bertz CT molecular complexity index is 917. The van der Waals surface area contributed by atoms with Gasteiger partial charge < -0.3 is 9.47 Å². The molecule has 0 bridgehead atoms. The van der Waals surface area contributed by atoms with E-state index in [1.807, 2.05) is 0 Å². The lowest BCUT2D eigenvalue weighted by Gasteiger charge is -2.47. The number of esters is 1. The summed E-state index contributed by atoms with van der Waals surface area (Å²) in [5.74, 6) is -2.12. The molecule has 0 amide bonds. The number of benzene rings is 1. The van der Waals surface area contributed by atoms with Crippen LogP contribution in [0, 0.1) is 11.6 Å². The summed E-state index contributed by atoms with van der Waals surface area (Å²) in [6.07, 6.45) is 4.80. The molecule has 0 radical (unpaired) electrons. The molecule has 0 aliphatic carbocycles. The maximum Gasteiger partial charge on any atom is 0.358 e. The van der Waals surface area contributed by atoms with Gasteiger partial charge in [-0.2, -0.15) is 0 Å². The first-order chi connectivity index (χ1) is 15.0. The molecule has 1 spiro atoms. The summed E-state index contributed by atoms with van der Waals surface area (Å²) in [5, 5.41) is 0. The zero-order valence-electron chi connectivity index (χ0n) is 17.5. The molecule has 0 atom stereocenters. The molecule has 2 aromatic rings. The van der Waals surface area contributed by atoms with Crippen LogP contribution in [0.1, 0.15) is 34.6 Å². The summed E-state index contributed by atoms with van der Waals surface area (Å²) in [6, 6.07) is 4.08. The second-order valence-corrected chi connectivity index (χ2v) is 8.15. The third-order valence-electron chi connectivity index (χ3n) is 5.97. The van der Waals surface area contributed by atoms with Gasteiger partial charge in [-0.1, -0.05) is 6.07 Å². The minimum Gasteiger partial charge on any atom is -0.464 e. The number of methoxy groups -OCH3 is 1. The van der Waals surface area contributed by atoms with Crippen LogP contribution in [0.3, 0.4) is 0 Å². The van der Waals surface area contributed by atoms with Crippen LogP contribution in [0.5, 0.6) is 0 Å². The maximum absolute atomic E-state index is 13.5. The topological polar surface area (TPSA) is 67.8 Å². The lowest BCUT2D eigenvalue weighted by atomic mass is 9.89.